The summed E-state index contributed by atoms with van der Waals surface area (Å²) in [5.41, 5.74) is -0.892. The third-order valence-corrected chi connectivity index (χ3v) is 3.49. The van der Waals surface area contributed by atoms with Crippen LogP contribution in [0.2, 0.25) is 0 Å². The Bertz CT molecular complexity index is 549. The molecule has 0 aliphatic carbocycles. The summed E-state index contributed by atoms with van der Waals surface area (Å²) in [5.74, 6) is -10.7. The summed E-state index contributed by atoms with van der Waals surface area (Å²) in [6, 6.07) is 0. The van der Waals surface area contributed by atoms with Crippen molar-refractivity contribution in [2.75, 3.05) is 20.2 Å². The zero-order valence-corrected chi connectivity index (χ0v) is 11.1. The molecular formula is C13H12F5NO2. The molecule has 0 amide bonds. The monoisotopic (exact) mass is 309 g/mol. The lowest BCUT2D eigenvalue weighted by Crippen LogP contribution is -2.25. The highest BCUT2D eigenvalue weighted by molar-refractivity contribution is 5.72. The second kappa shape index (κ2) is 5.97. The van der Waals surface area contributed by atoms with E-state index in [2.05, 4.69) is 4.74 Å². The fourth-order valence-corrected chi connectivity index (χ4v) is 2.35. The largest absolute Gasteiger partial charge is 0.469 e. The summed E-state index contributed by atoms with van der Waals surface area (Å²) in [7, 11) is 1.22. The average Bonchev–Trinajstić information content (AvgIpc) is 2.95. The van der Waals surface area contributed by atoms with Gasteiger partial charge in [0.15, 0.2) is 23.3 Å². The van der Waals surface area contributed by atoms with Crippen molar-refractivity contribution >= 4 is 5.97 Å². The van der Waals surface area contributed by atoms with E-state index in [1.165, 1.54) is 12.0 Å². The van der Waals surface area contributed by atoms with Crippen LogP contribution >= 0.6 is 0 Å². The summed E-state index contributed by atoms with van der Waals surface area (Å²) in [4.78, 5) is 12.8. The summed E-state index contributed by atoms with van der Waals surface area (Å²) >= 11 is 0. The fourth-order valence-electron chi connectivity index (χ4n) is 2.35. The molecule has 1 aliphatic heterocycles. The highest BCUT2D eigenvalue weighted by Gasteiger charge is 2.32. The first-order valence-corrected chi connectivity index (χ1v) is 6.17. The molecule has 1 aromatic carbocycles. The lowest BCUT2D eigenvalue weighted by atomic mass is 10.1. The highest BCUT2D eigenvalue weighted by Crippen LogP contribution is 2.26. The molecule has 0 aromatic heterocycles. The molecule has 1 unspecified atom stereocenters. The number of carbonyl (C=O) groups excluding carboxylic acids is 1. The van der Waals surface area contributed by atoms with E-state index in [4.69, 9.17) is 0 Å². The van der Waals surface area contributed by atoms with Crippen LogP contribution in [0.4, 0.5) is 22.0 Å². The van der Waals surface area contributed by atoms with Crippen LogP contribution in [-0.2, 0) is 16.1 Å². The third kappa shape index (κ3) is 2.85. The molecular weight excluding hydrogens is 297 g/mol. The molecule has 0 spiro atoms. The number of rotatable bonds is 3. The molecule has 2 rings (SSSR count). The molecule has 1 saturated heterocycles. The van der Waals surface area contributed by atoms with E-state index in [0.717, 1.165) is 0 Å². The Morgan fingerprint density at radius 1 is 1.10 bits per heavy atom. The first-order valence-electron chi connectivity index (χ1n) is 6.17. The number of hydrogen-bond donors (Lipinski definition) is 0. The van der Waals surface area contributed by atoms with Crippen LogP contribution in [0.1, 0.15) is 12.0 Å². The average molecular weight is 309 g/mol. The van der Waals surface area contributed by atoms with Gasteiger partial charge < -0.3 is 4.74 Å². The number of methoxy groups -OCH3 is 1. The first-order chi connectivity index (χ1) is 9.86. The summed E-state index contributed by atoms with van der Waals surface area (Å²) in [6.45, 7) is -0.00922. The maximum Gasteiger partial charge on any atom is 0.310 e. The van der Waals surface area contributed by atoms with Gasteiger partial charge in [0.25, 0.3) is 0 Å². The molecule has 0 N–H and O–H groups in total. The normalized spacial score (nSPS) is 19.0. The minimum absolute atomic E-state index is 0.145. The van der Waals surface area contributed by atoms with Gasteiger partial charge in [-0.2, -0.15) is 0 Å². The smallest absolute Gasteiger partial charge is 0.310 e. The minimum Gasteiger partial charge on any atom is -0.469 e. The van der Waals surface area contributed by atoms with Gasteiger partial charge in [-0.15, -0.1) is 0 Å². The van der Waals surface area contributed by atoms with E-state index in [9.17, 15) is 26.7 Å². The van der Waals surface area contributed by atoms with Crippen LogP contribution < -0.4 is 0 Å². The van der Waals surface area contributed by atoms with E-state index in [1.54, 1.807) is 0 Å². The van der Waals surface area contributed by atoms with Crippen molar-refractivity contribution in [2.45, 2.75) is 13.0 Å². The van der Waals surface area contributed by atoms with Crippen molar-refractivity contribution in [3.8, 4) is 0 Å². The summed E-state index contributed by atoms with van der Waals surface area (Å²) in [5, 5.41) is 0. The molecule has 8 heteroatoms. The summed E-state index contributed by atoms with van der Waals surface area (Å²) in [6.07, 6.45) is 0.405. The number of ether oxygens (including phenoxy) is 1. The van der Waals surface area contributed by atoms with Crippen LogP contribution in [0.3, 0.4) is 0 Å². The van der Waals surface area contributed by atoms with Crippen LogP contribution in [-0.4, -0.2) is 31.1 Å². The van der Waals surface area contributed by atoms with Gasteiger partial charge in [-0.25, -0.2) is 22.0 Å². The number of likely N-dealkylation sites (tertiary alicyclic amines) is 1. The first kappa shape index (κ1) is 15.7. The molecule has 116 valence electrons. The Morgan fingerprint density at radius 3 is 2.14 bits per heavy atom. The molecule has 1 aliphatic rings. The van der Waals surface area contributed by atoms with Crippen molar-refractivity contribution < 1.29 is 31.5 Å². The van der Waals surface area contributed by atoms with E-state index in [1.807, 2.05) is 0 Å². The zero-order valence-electron chi connectivity index (χ0n) is 11.1. The van der Waals surface area contributed by atoms with Crippen LogP contribution in [0.25, 0.3) is 0 Å². The Labute approximate surface area is 117 Å². The van der Waals surface area contributed by atoms with Crippen LogP contribution in [0, 0.1) is 35.0 Å². The van der Waals surface area contributed by atoms with Gasteiger partial charge >= 0.3 is 5.97 Å². The predicted octanol–water partition coefficient (Wildman–Crippen LogP) is 2.38. The summed E-state index contributed by atoms with van der Waals surface area (Å²) < 4.78 is 70.7. The number of nitrogens with zero attached hydrogens (tertiary/aromatic N) is 1. The second-order valence-electron chi connectivity index (χ2n) is 4.79. The fraction of sp³-hybridized carbons (Fsp3) is 0.462. The lowest BCUT2D eigenvalue weighted by molar-refractivity contribution is -0.144. The van der Waals surface area contributed by atoms with Gasteiger partial charge in [-0.05, 0) is 13.0 Å². The van der Waals surface area contributed by atoms with E-state index in [0.29, 0.717) is 13.0 Å². The van der Waals surface area contributed by atoms with Crippen molar-refractivity contribution in [2.24, 2.45) is 5.92 Å². The van der Waals surface area contributed by atoms with Crippen molar-refractivity contribution in [1.82, 2.24) is 4.90 Å². The molecule has 1 atom stereocenters. The van der Waals surface area contributed by atoms with Crippen LogP contribution in [0.15, 0.2) is 0 Å². The zero-order chi connectivity index (χ0) is 15.7. The third-order valence-electron chi connectivity index (χ3n) is 3.49. The Hall–Kier alpha value is -1.70. The van der Waals surface area contributed by atoms with Crippen molar-refractivity contribution in [3.63, 3.8) is 0 Å². The Kier molecular flexibility index (Phi) is 4.46. The number of carbonyl (C=O) groups is 1. The van der Waals surface area contributed by atoms with Crippen molar-refractivity contribution in [3.05, 3.63) is 34.6 Å². The quantitative estimate of drug-likeness (QED) is 0.372. The van der Waals surface area contributed by atoms with Gasteiger partial charge in [-0.3, -0.25) is 9.69 Å². The topological polar surface area (TPSA) is 29.5 Å². The van der Waals surface area contributed by atoms with Gasteiger partial charge in [0.1, 0.15) is 0 Å². The molecule has 0 bridgehead atoms. The van der Waals surface area contributed by atoms with Crippen molar-refractivity contribution in [1.29, 1.82) is 0 Å². The standard InChI is InChI=1S/C13H12F5NO2/c1-21-13(20)6-2-3-19(4-6)5-7-8(14)10(16)12(18)11(17)9(7)15/h6H,2-5H2,1H3. The Balaban J connectivity index is 2.20. The van der Waals surface area contributed by atoms with Crippen LogP contribution in [0.5, 0.6) is 0 Å². The number of benzene rings is 1. The molecule has 0 radical (unpaired) electrons. The maximum absolute atomic E-state index is 13.5. The molecule has 21 heavy (non-hydrogen) atoms. The molecule has 1 heterocycles. The van der Waals surface area contributed by atoms with E-state index in [-0.39, 0.29) is 6.54 Å². The number of esters is 1. The second-order valence-corrected chi connectivity index (χ2v) is 4.79. The Morgan fingerprint density at radius 2 is 1.62 bits per heavy atom. The molecule has 1 aromatic rings. The molecule has 1 fully saturated rings. The number of halogens is 5. The predicted molar refractivity (Wildman–Crippen MR) is 61.6 cm³/mol. The van der Waals surface area contributed by atoms with E-state index >= 15 is 0 Å². The molecule has 0 saturated carbocycles. The van der Waals surface area contributed by atoms with Gasteiger partial charge in [0, 0.05) is 18.7 Å². The SMILES string of the molecule is COC(=O)C1CCN(Cc2c(F)c(F)c(F)c(F)c2F)C1. The van der Waals surface area contributed by atoms with Gasteiger partial charge in [0.05, 0.1) is 13.0 Å². The minimum atomic E-state index is -2.18. The lowest BCUT2D eigenvalue weighted by Gasteiger charge is -2.17. The highest BCUT2D eigenvalue weighted by atomic mass is 19.2. The van der Waals surface area contributed by atoms with Gasteiger partial charge in [0.2, 0.25) is 5.82 Å². The number of hydrogen-bond acceptors (Lipinski definition) is 3. The maximum atomic E-state index is 13.5. The molecule has 3 nitrogen and oxygen atoms in total. The van der Waals surface area contributed by atoms with E-state index < -0.39 is 53.1 Å². The van der Waals surface area contributed by atoms with Gasteiger partial charge in [-0.1, -0.05) is 0 Å².